The summed E-state index contributed by atoms with van der Waals surface area (Å²) >= 11 is 0. The monoisotopic (exact) mass is 488 g/mol. The van der Waals surface area contributed by atoms with Crippen LogP contribution in [0.5, 0.6) is 6.01 Å². The number of rotatable bonds is 11. The van der Waals surface area contributed by atoms with Crippen LogP contribution in [0.2, 0.25) is 0 Å². The summed E-state index contributed by atoms with van der Waals surface area (Å²) in [6.07, 6.45) is 1.13. The quantitative estimate of drug-likeness (QED) is 0.294. The molecular weight excluding hydrogens is 457 g/mol. The van der Waals surface area contributed by atoms with E-state index in [9.17, 15) is 18.0 Å². The first-order valence-electron chi connectivity index (χ1n) is 11.9. The van der Waals surface area contributed by atoms with Crippen LogP contribution < -0.4 is 10.1 Å². The Morgan fingerprint density at radius 2 is 1.77 bits per heavy atom. The number of alkyl halides is 3. The van der Waals surface area contributed by atoms with Crippen molar-refractivity contribution >= 4 is 11.6 Å². The van der Waals surface area contributed by atoms with Gasteiger partial charge >= 0.3 is 12.2 Å². The van der Waals surface area contributed by atoms with Crippen LogP contribution in [0, 0.1) is 0 Å². The fraction of sp³-hybridized carbons (Fsp3) is 0.423. The Labute approximate surface area is 203 Å². The first-order valence-corrected chi connectivity index (χ1v) is 11.9. The normalized spacial score (nSPS) is 11.6. The van der Waals surface area contributed by atoms with Gasteiger partial charge in [0.1, 0.15) is 0 Å². The summed E-state index contributed by atoms with van der Waals surface area (Å²) in [6, 6.07) is 11.9. The fourth-order valence-corrected chi connectivity index (χ4v) is 3.55. The van der Waals surface area contributed by atoms with E-state index in [1.54, 1.807) is 30.3 Å². The van der Waals surface area contributed by atoms with Crippen LogP contribution in [0.3, 0.4) is 0 Å². The third-order valence-electron chi connectivity index (χ3n) is 5.28. The number of aromatic nitrogens is 3. The highest BCUT2D eigenvalue weighted by Gasteiger charge is 2.31. The number of hydrogen-bond acceptors (Lipinski definition) is 4. The third kappa shape index (κ3) is 7.56. The van der Waals surface area contributed by atoms with Gasteiger partial charge in [0, 0.05) is 17.7 Å². The van der Waals surface area contributed by atoms with Crippen LogP contribution in [0.15, 0.2) is 48.5 Å². The van der Waals surface area contributed by atoms with E-state index in [0.717, 1.165) is 37.8 Å². The van der Waals surface area contributed by atoms with Crippen molar-refractivity contribution < 1.29 is 22.7 Å². The van der Waals surface area contributed by atoms with Crippen LogP contribution in [0.1, 0.15) is 64.9 Å². The number of benzene rings is 2. The minimum Gasteiger partial charge on any atom is -0.460 e. The molecule has 0 aliphatic carbocycles. The van der Waals surface area contributed by atoms with Gasteiger partial charge in [0.2, 0.25) is 5.91 Å². The largest absolute Gasteiger partial charge is 0.460 e. The van der Waals surface area contributed by atoms with Crippen molar-refractivity contribution in [3.63, 3.8) is 0 Å². The lowest BCUT2D eigenvalue weighted by atomic mass is 10.1. The molecule has 3 rings (SSSR count). The van der Waals surface area contributed by atoms with Crippen molar-refractivity contribution in [2.45, 2.75) is 71.6 Å². The van der Waals surface area contributed by atoms with E-state index < -0.39 is 11.7 Å². The standard InChI is InChI=1S/C26H31F3N4O2/c1-4-5-6-7-8-12-23(34)30-21-13-15-22(16-14-21)33-24(31-25(32-33)35-18(2)3)19-10-9-11-20(17-19)26(27,28)29/h9-11,13-18H,4-8,12H2,1-3H3,(H,30,34). The maximum absolute atomic E-state index is 13.3. The molecule has 0 unspecified atom stereocenters. The summed E-state index contributed by atoms with van der Waals surface area (Å²) in [7, 11) is 0. The van der Waals surface area contributed by atoms with Gasteiger partial charge in [-0.05, 0) is 56.7 Å². The number of amides is 1. The van der Waals surface area contributed by atoms with Gasteiger partial charge in [-0.2, -0.15) is 18.2 Å². The number of nitrogens with zero attached hydrogens (tertiary/aromatic N) is 3. The molecule has 0 bridgehead atoms. The molecule has 1 aromatic heterocycles. The second kappa shape index (κ2) is 11.9. The zero-order valence-corrected chi connectivity index (χ0v) is 20.2. The molecule has 1 amide bonds. The highest BCUT2D eigenvalue weighted by Crippen LogP contribution is 2.33. The van der Waals surface area contributed by atoms with E-state index in [0.29, 0.717) is 17.8 Å². The van der Waals surface area contributed by atoms with E-state index in [4.69, 9.17) is 4.74 Å². The zero-order chi connectivity index (χ0) is 25.4. The summed E-state index contributed by atoms with van der Waals surface area (Å²) in [4.78, 5) is 16.5. The van der Waals surface area contributed by atoms with Crippen molar-refractivity contribution in [2.75, 3.05) is 5.32 Å². The number of nitrogens with one attached hydrogen (secondary N) is 1. The number of carbonyl (C=O) groups is 1. The average Bonchev–Trinajstić information content (AvgIpc) is 3.22. The molecule has 2 aromatic carbocycles. The molecule has 188 valence electrons. The van der Waals surface area contributed by atoms with Gasteiger partial charge < -0.3 is 10.1 Å². The number of halogens is 3. The third-order valence-corrected chi connectivity index (χ3v) is 5.28. The van der Waals surface area contributed by atoms with Crippen LogP contribution in [-0.4, -0.2) is 26.8 Å². The smallest absolute Gasteiger partial charge is 0.416 e. The summed E-state index contributed by atoms with van der Waals surface area (Å²) in [5.41, 5.74) is 0.683. The molecule has 0 aliphatic heterocycles. The van der Waals surface area contributed by atoms with Crippen molar-refractivity contribution in [3.8, 4) is 23.1 Å². The van der Waals surface area contributed by atoms with Gasteiger partial charge in [0.25, 0.3) is 0 Å². The lowest BCUT2D eigenvalue weighted by Crippen LogP contribution is -2.11. The fourth-order valence-electron chi connectivity index (χ4n) is 3.55. The summed E-state index contributed by atoms with van der Waals surface area (Å²) in [5, 5.41) is 7.24. The van der Waals surface area contributed by atoms with Gasteiger partial charge in [0.15, 0.2) is 5.82 Å². The van der Waals surface area contributed by atoms with E-state index >= 15 is 0 Å². The zero-order valence-electron chi connectivity index (χ0n) is 20.2. The van der Waals surface area contributed by atoms with Crippen LogP contribution in [-0.2, 0) is 11.0 Å². The molecule has 0 radical (unpaired) electrons. The number of anilines is 1. The molecule has 0 saturated carbocycles. The minimum atomic E-state index is -4.48. The van der Waals surface area contributed by atoms with Gasteiger partial charge in [0.05, 0.1) is 17.4 Å². The molecule has 0 spiro atoms. The first kappa shape index (κ1) is 26.2. The average molecular weight is 489 g/mol. The van der Waals surface area contributed by atoms with Crippen LogP contribution >= 0.6 is 0 Å². The molecule has 0 atom stereocenters. The van der Waals surface area contributed by atoms with Crippen LogP contribution in [0.4, 0.5) is 18.9 Å². The van der Waals surface area contributed by atoms with E-state index in [2.05, 4.69) is 22.3 Å². The predicted molar refractivity (Wildman–Crippen MR) is 130 cm³/mol. The van der Waals surface area contributed by atoms with Gasteiger partial charge in [-0.1, -0.05) is 44.7 Å². The first-order chi connectivity index (χ1) is 16.7. The molecule has 0 saturated heterocycles. The SMILES string of the molecule is CCCCCCCC(=O)Nc1ccc(-n2nc(OC(C)C)nc2-c2cccc(C(F)(F)F)c2)cc1. The molecule has 0 aliphatic rings. The summed E-state index contributed by atoms with van der Waals surface area (Å²) in [5.74, 6) is 0.169. The summed E-state index contributed by atoms with van der Waals surface area (Å²) in [6.45, 7) is 5.77. The van der Waals surface area contributed by atoms with Crippen LogP contribution in [0.25, 0.3) is 17.1 Å². The van der Waals surface area contributed by atoms with E-state index in [1.807, 2.05) is 13.8 Å². The highest BCUT2D eigenvalue weighted by molar-refractivity contribution is 5.90. The number of hydrogen-bond donors (Lipinski definition) is 1. The lowest BCUT2D eigenvalue weighted by Gasteiger charge is -2.10. The number of unbranched alkanes of at least 4 members (excludes halogenated alkanes) is 4. The highest BCUT2D eigenvalue weighted by atomic mass is 19.4. The van der Waals surface area contributed by atoms with Crippen molar-refractivity contribution in [2.24, 2.45) is 0 Å². The number of ether oxygens (including phenoxy) is 1. The minimum absolute atomic E-state index is 0.0488. The predicted octanol–water partition coefficient (Wildman–Crippen LogP) is 7.04. The molecule has 3 aromatic rings. The Kier molecular flexibility index (Phi) is 8.89. The maximum Gasteiger partial charge on any atom is 0.416 e. The Morgan fingerprint density at radius 3 is 2.43 bits per heavy atom. The molecular formula is C26H31F3N4O2. The van der Waals surface area contributed by atoms with Gasteiger partial charge in [-0.25, -0.2) is 4.68 Å². The Morgan fingerprint density at radius 1 is 1.06 bits per heavy atom. The van der Waals surface area contributed by atoms with E-state index in [1.165, 1.54) is 17.2 Å². The Balaban J connectivity index is 1.81. The Hall–Kier alpha value is -3.36. The molecule has 6 nitrogen and oxygen atoms in total. The topological polar surface area (TPSA) is 69.0 Å². The van der Waals surface area contributed by atoms with E-state index in [-0.39, 0.29) is 29.4 Å². The number of carbonyl (C=O) groups excluding carboxylic acids is 1. The van der Waals surface area contributed by atoms with Gasteiger partial charge in [-0.15, -0.1) is 5.10 Å². The second-order valence-electron chi connectivity index (χ2n) is 8.63. The molecule has 35 heavy (non-hydrogen) atoms. The van der Waals surface area contributed by atoms with Crippen molar-refractivity contribution in [3.05, 3.63) is 54.1 Å². The van der Waals surface area contributed by atoms with Crippen molar-refractivity contribution in [1.29, 1.82) is 0 Å². The van der Waals surface area contributed by atoms with Crippen molar-refractivity contribution in [1.82, 2.24) is 14.8 Å². The molecule has 1 N–H and O–H groups in total. The maximum atomic E-state index is 13.3. The Bertz CT molecular complexity index is 1110. The molecule has 1 heterocycles. The molecule has 0 fully saturated rings. The van der Waals surface area contributed by atoms with Gasteiger partial charge in [-0.3, -0.25) is 4.79 Å². The lowest BCUT2D eigenvalue weighted by molar-refractivity contribution is -0.137. The summed E-state index contributed by atoms with van der Waals surface area (Å²) < 4.78 is 46.8. The molecule has 9 heteroatoms. The second-order valence-corrected chi connectivity index (χ2v) is 8.63.